The molecule has 1 aromatic carbocycles. The summed E-state index contributed by atoms with van der Waals surface area (Å²) in [6, 6.07) is 6.67. The summed E-state index contributed by atoms with van der Waals surface area (Å²) in [6.07, 6.45) is 2.86. The number of hydrogen-bond acceptors (Lipinski definition) is 2. The molecule has 0 bridgehead atoms. The quantitative estimate of drug-likeness (QED) is 0.873. The van der Waals surface area contributed by atoms with Crippen LogP contribution in [-0.2, 0) is 4.79 Å². The highest BCUT2D eigenvalue weighted by Crippen LogP contribution is 2.22. The Kier molecular flexibility index (Phi) is 4.59. The Morgan fingerprint density at radius 2 is 2.26 bits per heavy atom. The fraction of sp³-hybridized carbons (Fsp3) is 0.562. The van der Waals surface area contributed by atoms with Crippen LogP contribution in [0.5, 0.6) is 0 Å². The van der Waals surface area contributed by atoms with Gasteiger partial charge in [-0.05, 0) is 49.4 Å². The van der Waals surface area contributed by atoms with Crippen molar-refractivity contribution in [2.45, 2.75) is 52.0 Å². The van der Waals surface area contributed by atoms with E-state index in [9.17, 15) is 4.79 Å². The highest BCUT2D eigenvalue weighted by Gasteiger charge is 2.18. The van der Waals surface area contributed by atoms with Crippen LogP contribution in [0.1, 0.15) is 50.2 Å². The maximum absolute atomic E-state index is 12.1. The molecule has 1 amide bonds. The van der Waals surface area contributed by atoms with E-state index in [0.717, 1.165) is 24.2 Å². The van der Waals surface area contributed by atoms with E-state index in [-0.39, 0.29) is 5.91 Å². The van der Waals surface area contributed by atoms with Crippen LogP contribution in [0.15, 0.2) is 18.2 Å². The van der Waals surface area contributed by atoms with Crippen molar-refractivity contribution in [3.8, 4) is 0 Å². The summed E-state index contributed by atoms with van der Waals surface area (Å²) >= 11 is 0. The van der Waals surface area contributed by atoms with Gasteiger partial charge in [-0.1, -0.05) is 26.0 Å². The molecule has 3 heteroatoms. The number of benzene rings is 1. The third kappa shape index (κ3) is 3.80. The smallest absolute Gasteiger partial charge is 0.225 e. The number of aryl methyl sites for hydroxylation is 1. The molecule has 0 spiro atoms. The second-order valence-electron chi connectivity index (χ2n) is 5.77. The summed E-state index contributed by atoms with van der Waals surface area (Å²) in [6.45, 7) is 7.41. The molecule has 0 saturated carbocycles. The lowest BCUT2D eigenvalue weighted by Gasteiger charge is -2.14. The van der Waals surface area contributed by atoms with Gasteiger partial charge in [-0.25, -0.2) is 0 Å². The molecule has 0 aliphatic carbocycles. The van der Waals surface area contributed by atoms with Crippen molar-refractivity contribution in [2.24, 2.45) is 0 Å². The Bertz CT molecular complexity index is 448. The molecule has 0 aromatic heterocycles. The van der Waals surface area contributed by atoms with E-state index in [2.05, 4.69) is 42.7 Å². The van der Waals surface area contributed by atoms with E-state index in [1.165, 1.54) is 12.0 Å². The van der Waals surface area contributed by atoms with Crippen molar-refractivity contribution in [1.82, 2.24) is 5.32 Å². The molecule has 1 heterocycles. The Morgan fingerprint density at radius 3 is 2.89 bits per heavy atom. The van der Waals surface area contributed by atoms with Crippen LogP contribution >= 0.6 is 0 Å². The van der Waals surface area contributed by atoms with Crippen LogP contribution in [0, 0.1) is 6.92 Å². The summed E-state index contributed by atoms with van der Waals surface area (Å²) < 4.78 is 0. The second kappa shape index (κ2) is 6.20. The minimum Gasteiger partial charge on any atom is -0.326 e. The number of amides is 1. The summed E-state index contributed by atoms with van der Waals surface area (Å²) in [4.78, 5) is 12.1. The number of rotatable bonds is 4. The van der Waals surface area contributed by atoms with Gasteiger partial charge in [0.2, 0.25) is 5.91 Å². The third-order valence-electron chi connectivity index (χ3n) is 3.80. The molecule has 2 N–H and O–H groups in total. The Morgan fingerprint density at radius 1 is 1.47 bits per heavy atom. The minimum absolute atomic E-state index is 0.114. The van der Waals surface area contributed by atoms with Crippen LogP contribution in [0.4, 0.5) is 5.69 Å². The average Bonchev–Trinajstić information content (AvgIpc) is 2.84. The van der Waals surface area contributed by atoms with Gasteiger partial charge in [0.1, 0.15) is 0 Å². The zero-order chi connectivity index (χ0) is 13.8. The van der Waals surface area contributed by atoms with E-state index in [4.69, 9.17) is 0 Å². The number of hydrogen-bond donors (Lipinski definition) is 2. The normalized spacial score (nSPS) is 18.8. The van der Waals surface area contributed by atoms with Crippen LogP contribution in [0.3, 0.4) is 0 Å². The van der Waals surface area contributed by atoms with Crippen LogP contribution in [0.25, 0.3) is 0 Å². The molecule has 19 heavy (non-hydrogen) atoms. The number of nitrogens with one attached hydrogen (secondary N) is 2. The van der Waals surface area contributed by atoms with Crippen LogP contribution in [0.2, 0.25) is 0 Å². The molecule has 1 unspecified atom stereocenters. The first kappa shape index (κ1) is 14.1. The molecule has 3 nitrogen and oxygen atoms in total. The minimum atomic E-state index is 0.114. The zero-order valence-electron chi connectivity index (χ0n) is 12.1. The maximum Gasteiger partial charge on any atom is 0.225 e. The lowest BCUT2D eigenvalue weighted by atomic mass is 10.0. The Balaban J connectivity index is 2.00. The number of carbonyl (C=O) groups excluding carboxylic acids is 1. The van der Waals surface area contributed by atoms with Gasteiger partial charge in [0.25, 0.3) is 0 Å². The van der Waals surface area contributed by atoms with Crippen LogP contribution in [-0.4, -0.2) is 18.5 Å². The van der Waals surface area contributed by atoms with E-state index in [1.807, 2.05) is 6.92 Å². The molecule has 1 saturated heterocycles. The number of carbonyl (C=O) groups is 1. The largest absolute Gasteiger partial charge is 0.326 e. The monoisotopic (exact) mass is 260 g/mol. The van der Waals surface area contributed by atoms with Gasteiger partial charge >= 0.3 is 0 Å². The predicted octanol–water partition coefficient (Wildman–Crippen LogP) is 3.20. The number of anilines is 1. The lowest BCUT2D eigenvalue weighted by Crippen LogP contribution is -2.27. The molecule has 1 atom stereocenters. The molecule has 0 radical (unpaired) electrons. The second-order valence-corrected chi connectivity index (χ2v) is 5.77. The van der Waals surface area contributed by atoms with Gasteiger partial charge in [0, 0.05) is 18.2 Å². The van der Waals surface area contributed by atoms with Gasteiger partial charge in [0.15, 0.2) is 0 Å². The van der Waals surface area contributed by atoms with Crippen molar-refractivity contribution in [1.29, 1.82) is 0 Å². The van der Waals surface area contributed by atoms with Crippen molar-refractivity contribution in [3.63, 3.8) is 0 Å². The summed E-state index contributed by atoms with van der Waals surface area (Å²) in [5.41, 5.74) is 3.34. The summed E-state index contributed by atoms with van der Waals surface area (Å²) in [5, 5.41) is 6.41. The van der Waals surface area contributed by atoms with E-state index < -0.39 is 0 Å². The maximum atomic E-state index is 12.1. The molecule has 1 aromatic rings. The van der Waals surface area contributed by atoms with Crippen molar-refractivity contribution in [2.75, 3.05) is 11.9 Å². The standard InChI is InChI=1S/C16H24N2O/c1-11(2)13-7-6-12(3)15(9-13)18-16(19)10-14-5-4-8-17-14/h6-7,9,11,14,17H,4-5,8,10H2,1-3H3,(H,18,19). The Labute approximate surface area is 115 Å². The summed E-state index contributed by atoms with van der Waals surface area (Å²) in [5.74, 6) is 0.594. The molecule has 2 rings (SSSR count). The van der Waals surface area contributed by atoms with Gasteiger partial charge < -0.3 is 10.6 Å². The topological polar surface area (TPSA) is 41.1 Å². The first-order valence-corrected chi connectivity index (χ1v) is 7.20. The highest BCUT2D eigenvalue weighted by molar-refractivity contribution is 5.92. The summed E-state index contributed by atoms with van der Waals surface area (Å²) in [7, 11) is 0. The molecule has 1 aliphatic rings. The Hall–Kier alpha value is -1.35. The van der Waals surface area contributed by atoms with E-state index in [0.29, 0.717) is 18.4 Å². The van der Waals surface area contributed by atoms with Crippen molar-refractivity contribution in [3.05, 3.63) is 29.3 Å². The van der Waals surface area contributed by atoms with Gasteiger partial charge in [0.05, 0.1) is 0 Å². The molecule has 1 fully saturated rings. The zero-order valence-corrected chi connectivity index (χ0v) is 12.1. The first-order valence-electron chi connectivity index (χ1n) is 7.20. The molecular formula is C16H24N2O. The van der Waals surface area contributed by atoms with E-state index >= 15 is 0 Å². The van der Waals surface area contributed by atoms with Crippen molar-refractivity contribution < 1.29 is 4.79 Å². The van der Waals surface area contributed by atoms with E-state index in [1.54, 1.807) is 0 Å². The first-order chi connectivity index (χ1) is 9.06. The van der Waals surface area contributed by atoms with Crippen LogP contribution < -0.4 is 10.6 Å². The lowest BCUT2D eigenvalue weighted by molar-refractivity contribution is -0.116. The fourth-order valence-electron chi connectivity index (χ4n) is 2.49. The highest BCUT2D eigenvalue weighted by atomic mass is 16.1. The molecular weight excluding hydrogens is 236 g/mol. The van der Waals surface area contributed by atoms with Crippen molar-refractivity contribution >= 4 is 11.6 Å². The predicted molar refractivity (Wildman–Crippen MR) is 79.5 cm³/mol. The molecule has 1 aliphatic heterocycles. The van der Waals surface area contributed by atoms with Gasteiger partial charge in [-0.3, -0.25) is 4.79 Å². The SMILES string of the molecule is Cc1ccc(C(C)C)cc1NC(=O)CC1CCCN1. The average molecular weight is 260 g/mol. The van der Waals surface area contributed by atoms with Gasteiger partial charge in [-0.15, -0.1) is 0 Å². The third-order valence-corrected chi connectivity index (χ3v) is 3.80. The fourth-order valence-corrected chi connectivity index (χ4v) is 2.49. The van der Waals surface area contributed by atoms with Gasteiger partial charge in [-0.2, -0.15) is 0 Å². The molecule has 104 valence electrons.